The minimum atomic E-state index is -2.53. The maximum absolute atomic E-state index is 13.7. The number of nitrogens with zero attached hydrogens (tertiary/aromatic N) is 4. The van der Waals surface area contributed by atoms with Crippen LogP contribution in [0.4, 0.5) is 24.5 Å². The molecule has 0 bridgehead atoms. The van der Waals surface area contributed by atoms with Crippen LogP contribution in [-0.4, -0.2) is 33.5 Å². The van der Waals surface area contributed by atoms with E-state index in [1.807, 2.05) is 6.07 Å². The lowest BCUT2D eigenvalue weighted by molar-refractivity contribution is 0.00911. The molecule has 4 N–H and O–H groups in total. The summed E-state index contributed by atoms with van der Waals surface area (Å²) >= 11 is 6.65. The summed E-state index contributed by atoms with van der Waals surface area (Å²) in [5.74, 6) is -0.640. The number of rotatable bonds is 8. The van der Waals surface area contributed by atoms with E-state index in [-0.39, 0.29) is 5.41 Å². The number of hydrogen-bond acceptors (Lipinski definition) is 8. The number of halogens is 4. The minimum absolute atomic E-state index is 0.0563. The molecule has 1 saturated carbocycles. The highest BCUT2D eigenvalue weighted by atomic mass is 35.5. The van der Waals surface area contributed by atoms with Crippen molar-refractivity contribution in [2.24, 2.45) is 5.41 Å². The fourth-order valence-corrected chi connectivity index (χ4v) is 4.71. The Kier molecular flexibility index (Phi) is 6.95. The topological polar surface area (TPSA) is 101 Å². The summed E-state index contributed by atoms with van der Waals surface area (Å²) in [7, 11) is 0. The summed E-state index contributed by atoms with van der Waals surface area (Å²) < 4.78 is 41.1. The molecular weight excluding hydrogens is 529 g/mol. The Morgan fingerprint density at radius 1 is 1.21 bits per heavy atom. The van der Waals surface area contributed by atoms with Crippen LogP contribution in [0, 0.1) is 22.7 Å². The molecule has 0 radical (unpaired) electrons. The molecule has 8 nitrogen and oxygen atoms in total. The Bertz CT molecular complexity index is 1460. The SMILES string of the molecule is CC(C)(C)CNc1c(C#N)cnc2c(Cl)cc(N[C@@H](C3=CN(C4(C(F)F)CC4)NN3)c3ccc(F)nc3)cc12. The second-order valence-electron chi connectivity index (χ2n) is 11.0. The van der Waals surface area contributed by atoms with Gasteiger partial charge < -0.3 is 16.1 Å². The highest BCUT2D eigenvalue weighted by molar-refractivity contribution is 6.35. The second-order valence-corrected chi connectivity index (χ2v) is 11.4. The molecule has 1 atom stereocenters. The van der Waals surface area contributed by atoms with Crippen LogP contribution in [-0.2, 0) is 0 Å². The molecule has 0 spiro atoms. The molecule has 1 aliphatic carbocycles. The molecule has 2 aliphatic rings. The average Bonchev–Trinajstić information content (AvgIpc) is 3.56. The van der Waals surface area contributed by atoms with Crippen LogP contribution in [0.3, 0.4) is 0 Å². The summed E-state index contributed by atoms with van der Waals surface area (Å²) in [5, 5.41) is 18.9. The van der Waals surface area contributed by atoms with Crippen molar-refractivity contribution >= 4 is 33.9 Å². The van der Waals surface area contributed by atoms with E-state index in [1.165, 1.54) is 23.5 Å². The number of fused-ring (bicyclic) bond motifs is 1. The molecular formula is C27H28ClF3N8. The number of pyridine rings is 2. The number of nitrogens with one attached hydrogen (secondary N) is 4. The fraction of sp³-hybridized carbons (Fsp3) is 0.370. The first-order chi connectivity index (χ1) is 18.5. The van der Waals surface area contributed by atoms with E-state index < -0.39 is 24.0 Å². The van der Waals surface area contributed by atoms with Crippen LogP contribution in [0.2, 0.25) is 5.02 Å². The molecule has 5 rings (SSSR count). The second kappa shape index (κ2) is 10.1. The van der Waals surface area contributed by atoms with Crippen molar-refractivity contribution in [1.29, 1.82) is 5.26 Å². The smallest absolute Gasteiger partial charge is 0.262 e. The largest absolute Gasteiger partial charge is 0.383 e. The van der Waals surface area contributed by atoms with Gasteiger partial charge in [0, 0.05) is 36.2 Å². The van der Waals surface area contributed by atoms with Crippen LogP contribution < -0.4 is 21.6 Å². The van der Waals surface area contributed by atoms with E-state index >= 15 is 0 Å². The van der Waals surface area contributed by atoms with E-state index in [4.69, 9.17) is 11.6 Å². The third-order valence-corrected chi connectivity index (χ3v) is 7.07. The van der Waals surface area contributed by atoms with Gasteiger partial charge in [-0.15, -0.1) is 5.53 Å². The molecule has 204 valence electrons. The Morgan fingerprint density at radius 3 is 2.59 bits per heavy atom. The molecule has 2 aromatic heterocycles. The van der Waals surface area contributed by atoms with Gasteiger partial charge in [-0.25, -0.2) is 13.8 Å². The third-order valence-electron chi connectivity index (χ3n) is 6.78. The predicted octanol–water partition coefficient (Wildman–Crippen LogP) is 5.87. The number of alkyl halides is 2. The zero-order chi connectivity index (χ0) is 27.9. The van der Waals surface area contributed by atoms with Gasteiger partial charge >= 0.3 is 0 Å². The van der Waals surface area contributed by atoms with Gasteiger partial charge in [-0.05, 0) is 42.0 Å². The Labute approximate surface area is 229 Å². The lowest BCUT2D eigenvalue weighted by Crippen LogP contribution is -2.48. The summed E-state index contributed by atoms with van der Waals surface area (Å²) in [6.07, 6.45) is 2.65. The van der Waals surface area contributed by atoms with Gasteiger partial charge in [0.15, 0.2) is 0 Å². The lowest BCUT2D eigenvalue weighted by atomic mass is 9.96. The summed E-state index contributed by atoms with van der Waals surface area (Å²) in [4.78, 5) is 8.17. The number of benzene rings is 1. The normalized spacial score (nSPS) is 17.0. The number of anilines is 2. The molecule has 0 amide bonds. The zero-order valence-corrected chi connectivity index (χ0v) is 22.4. The van der Waals surface area contributed by atoms with E-state index in [2.05, 4.69) is 58.4 Å². The minimum Gasteiger partial charge on any atom is -0.383 e. The molecule has 1 aromatic carbocycles. The molecule has 1 fully saturated rings. The van der Waals surface area contributed by atoms with Gasteiger partial charge in [0.1, 0.15) is 11.6 Å². The van der Waals surface area contributed by atoms with Crippen molar-refractivity contribution in [2.75, 3.05) is 17.2 Å². The van der Waals surface area contributed by atoms with Crippen molar-refractivity contribution in [3.63, 3.8) is 0 Å². The molecule has 12 heteroatoms. The summed E-state index contributed by atoms with van der Waals surface area (Å²) in [6.45, 7) is 6.84. The highest BCUT2D eigenvalue weighted by Crippen LogP contribution is 2.47. The van der Waals surface area contributed by atoms with E-state index in [9.17, 15) is 18.4 Å². The predicted molar refractivity (Wildman–Crippen MR) is 144 cm³/mol. The first-order valence-corrected chi connectivity index (χ1v) is 12.8. The molecule has 1 aliphatic heterocycles. The maximum atomic E-state index is 13.7. The monoisotopic (exact) mass is 556 g/mol. The van der Waals surface area contributed by atoms with Crippen molar-refractivity contribution < 1.29 is 13.2 Å². The van der Waals surface area contributed by atoms with Crippen LogP contribution in [0.15, 0.2) is 48.6 Å². The van der Waals surface area contributed by atoms with Gasteiger partial charge in [-0.3, -0.25) is 9.99 Å². The van der Waals surface area contributed by atoms with Gasteiger partial charge in [0.25, 0.3) is 6.43 Å². The van der Waals surface area contributed by atoms with Crippen molar-refractivity contribution in [3.8, 4) is 6.07 Å². The van der Waals surface area contributed by atoms with Gasteiger partial charge in [0.2, 0.25) is 5.95 Å². The Balaban J connectivity index is 1.55. The van der Waals surface area contributed by atoms with Crippen LogP contribution in [0.1, 0.15) is 50.8 Å². The van der Waals surface area contributed by atoms with Crippen LogP contribution in [0.5, 0.6) is 0 Å². The van der Waals surface area contributed by atoms with Crippen LogP contribution in [0.25, 0.3) is 10.9 Å². The summed E-state index contributed by atoms with van der Waals surface area (Å²) in [6, 6.07) is 7.88. The molecule has 3 aromatic rings. The van der Waals surface area contributed by atoms with Crippen molar-refractivity contribution in [2.45, 2.75) is 51.6 Å². The van der Waals surface area contributed by atoms with Crippen molar-refractivity contribution in [1.82, 2.24) is 25.9 Å². The number of nitriles is 1. The van der Waals surface area contributed by atoms with Gasteiger partial charge in [-0.1, -0.05) is 38.4 Å². The number of aromatic nitrogens is 2. The molecule has 3 heterocycles. The number of hydrogen-bond donors (Lipinski definition) is 4. The van der Waals surface area contributed by atoms with E-state index in [0.29, 0.717) is 63.5 Å². The standard InChI is InChI=1S/C27H28ClF3N8/c1-26(2,3)14-35-22-16(10-32)12-34-24-18(22)8-17(9-19(24)28)36-23(15-4-5-21(29)33-11-15)20-13-39(38-37-20)27(6-7-27)25(30)31/h4-5,8-9,11-13,23,25,36-38H,6-7,14H2,1-3H3,(H,34,35)/t23-/m1/s1. The highest BCUT2D eigenvalue weighted by Gasteiger charge is 2.56. The zero-order valence-electron chi connectivity index (χ0n) is 21.6. The summed E-state index contributed by atoms with van der Waals surface area (Å²) in [5.41, 5.74) is 7.70. The molecule has 0 saturated heterocycles. The molecule has 0 unspecified atom stereocenters. The van der Waals surface area contributed by atoms with Crippen LogP contribution >= 0.6 is 11.6 Å². The fourth-order valence-electron chi connectivity index (χ4n) is 4.44. The Hall–Kier alpha value is -3.75. The van der Waals surface area contributed by atoms with E-state index in [0.717, 1.165) is 0 Å². The number of hydrazine groups is 2. The third kappa shape index (κ3) is 5.40. The average molecular weight is 557 g/mol. The quantitative estimate of drug-likeness (QED) is 0.256. The van der Waals surface area contributed by atoms with Gasteiger partial charge in [-0.2, -0.15) is 9.65 Å². The first-order valence-electron chi connectivity index (χ1n) is 12.5. The lowest BCUT2D eigenvalue weighted by Gasteiger charge is -2.25. The van der Waals surface area contributed by atoms with Crippen molar-refractivity contribution in [3.05, 3.63) is 70.7 Å². The Morgan fingerprint density at radius 2 is 1.97 bits per heavy atom. The first kappa shape index (κ1) is 26.8. The van der Waals surface area contributed by atoms with Gasteiger partial charge in [0.05, 0.1) is 33.5 Å². The molecule has 39 heavy (non-hydrogen) atoms. The maximum Gasteiger partial charge on any atom is 0.262 e. The van der Waals surface area contributed by atoms with E-state index in [1.54, 1.807) is 18.3 Å².